The quantitative estimate of drug-likeness (QED) is 0.527. The molecule has 0 fully saturated rings. The molecule has 0 radical (unpaired) electrons. The summed E-state index contributed by atoms with van der Waals surface area (Å²) in [6.07, 6.45) is 5.02. The highest BCUT2D eigenvalue weighted by Gasteiger charge is 2.29. The van der Waals surface area contributed by atoms with E-state index in [2.05, 4.69) is 14.7 Å². The first-order valence-electron chi connectivity index (χ1n) is 9.11. The number of aromatic nitrogens is 2. The highest BCUT2D eigenvalue weighted by Crippen LogP contribution is 2.39. The van der Waals surface area contributed by atoms with E-state index in [1.54, 1.807) is 61.1 Å². The Hall–Kier alpha value is -2.78. The standard InChI is InChI=1S/C16H14F3NO2S.C5H6N2/c17-16(18,19)23-20-13-4-2-1-3-11(13)10-5-6-12-14(21)7-8-22-15(12)9-10;1-5-4-6-2-3-7-5/h1-6,9,14,20-21H,7-8H2;2-4H,1H3/t14-;/m0./s1. The van der Waals surface area contributed by atoms with Crippen molar-refractivity contribution in [2.45, 2.75) is 25.0 Å². The van der Waals surface area contributed by atoms with Gasteiger partial charge in [-0.25, -0.2) is 0 Å². The largest absolute Gasteiger partial charge is 0.493 e. The second kappa shape index (κ2) is 9.82. The summed E-state index contributed by atoms with van der Waals surface area (Å²) in [4.78, 5) is 7.74. The molecule has 2 heterocycles. The van der Waals surface area contributed by atoms with Gasteiger partial charge in [-0.05, 0) is 24.6 Å². The third-order valence-electron chi connectivity index (χ3n) is 4.23. The van der Waals surface area contributed by atoms with E-state index < -0.39 is 11.6 Å². The van der Waals surface area contributed by atoms with Crippen LogP contribution in [-0.4, -0.2) is 27.2 Å². The van der Waals surface area contributed by atoms with Crippen LogP contribution in [0.1, 0.15) is 23.8 Å². The fourth-order valence-corrected chi connectivity index (χ4v) is 3.25. The van der Waals surface area contributed by atoms with Crippen molar-refractivity contribution in [3.05, 3.63) is 72.3 Å². The van der Waals surface area contributed by atoms with E-state index in [1.807, 2.05) is 6.92 Å². The van der Waals surface area contributed by atoms with Crippen molar-refractivity contribution in [2.75, 3.05) is 11.3 Å². The molecule has 2 aromatic carbocycles. The lowest BCUT2D eigenvalue weighted by molar-refractivity contribution is -0.0323. The van der Waals surface area contributed by atoms with Crippen molar-refractivity contribution < 1.29 is 23.0 Å². The molecule has 4 rings (SSSR count). The first-order chi connectivity index (χ1) is 14.3. The number of rotatable bonds is 3. The van der Waals surface area contributed by atoms with Crippen LogP contribution in [0.15, 0.2) is 61.1 Å². The molecule has 0 bridgehead atoms. The molecular weight excluding hydrogens is 415 g/mol. The third kappa shape index (κ3) is 6.11. The summed E-state index contributed by atoms with van der Waals surface area (Å²) < 4.78 is 45.1. The van der Waals surface area contributed by atoms with Gasteiger partial charge >= 0.3 is 5.51 Å². The zero-order valence-electron chi connectivity index (χ0n) is 16.1. The van der Waals surface area contributed by atoms with Gasteiger partial charge in [0.15, 0.2) is 0 Å². The number of nitrogens with one attached hydrogen (secondary N) is 1. The second-order valence-electron chi connectivity index (χ2n) is 6.45. The Morgan fingerprint density at radius 1 is 1.17 bits per heavy atom. The molecule has 0 saturated heterocycles. The number of ether oxygens (including phenoxy) is 1. The summed E-state index contributed by atoms with van der Waals surface area (Å²) in [7, 11) is 0. The van der Waals surface area contributed by atoms with Gasteiger partial charge in [0, 0.05) is 36.1 Å². The minimum Gasteiger partial charge on any atom is -0.493 e. The number of alkyl halides is 3. The number of fused-ring (bicyclic) bond motifs is 1. The zero-order valence-corrected chi connectivity index (χ0v) is 16.9. The number of halogens is 3. The second-order valence-corrected chi connectivity index (χ2v) is 7.32. The molecule has 0 unspecified atom stereocenters. The predicted molar refractivity (Wildman–Crippen MR) is 111 cm³/mol. The molecule has 30 heavy (non-hydrogen) atoms. The van der Waals surface area contributed by atoms with Crippen molar-refractivity contribution >= 4 is 17.6 Å². The van der Waals surface area contributed by atoms with Gasteiger partial charge < -0.3 is 14.6 Å². The molecule has 158 valence electrons. The molecule has 1 atom stereocenters. The minimum absolute atomic E-state index is 0.297. The summed E-state index contributed by atoms with van der Waals surface area (Å²) in [5.74, 6) is 0.569. The van der Waals surface area contributed by atoms with Crippen LogP contribution in [0.4, 0.5) is 18.9 Å². The van der Waals surface area contributed by atoms with Crippen LogP contribution in [0.3, 0.4) is 0 Å². The van der Waals surface area contributed by atoms with Crippen LogP contribution >= 0.6 is 11.9 Å². The summed E-state index contributed by atoms with van der Waals surface area (Å²) in [6.45, 7) is 2.33. The Kier molecular flexibility index (Phi) is 7.17. The van der Waals surface area contributed by atoms with E-state index >= 15 is 0 Å². The topological polar surface area (TPSA) is 67.3 Å². The highest BCUT2D eigenvalue weighted by atomic mass is 32.2. The zero-order chi connectivity index (χ0) is 21.6. The van der Waals surface area contributed by atoms with Crippen LogP contribution in [0.2, 0.25) is 0 Å². The minimum atomic E-state index is -4.36. The number of hydrogen-bond acceptors (Lipinski definition) is 6. The summed E-state index contributed by atoms with van der Waals surface area (Å²) >= 11 is -0.297. The third-order valence-corrected chi connectivity index (χ3v) is 4.78. The van der Waals surface area contributed by atoms with E-state index in [0.29, 0.717) is 35.6 Å². The first-order valence-corrected chi connectivity index (χ1v) is 9.93. The van der Waals surface area contributed by atoms with Gasteiger partial charge in [0.05, 0.1) is 36.0 Å². The number of benzene rings is 2. The van der Waals surface area contributed by atoms with E-state index in [9.17, 15) is 18.3 Å². The molecule has 0 spiro atoms. The van der Waals surface area contributed by atoms with E-state index in [-0.39, 0.29) is 11.9 Å². The van der Waals surface area contributed by atoms with Gasteiger partial charge in [0.25, 0.3) is 0 Å². The van der Waals surface area contributed by atoms with E-state index in [0.717, 1.165) is 11.3 Å². The average molecular weight is 435 g/mol. The van der Waals surface area contributed by atoms with Crippen LogP contribution in [0, 0.1) is 6.92 Å². The van der Waals surface area contributed by atoms with Crippen molar-refractivity contribution in [2.24, 2.45) is 0 Å². The number of aliphatic hydroxyl groups is 1. The number of aliphatic hydroxyl groups excluding tert-OH is 1. The lowest BCUT2D eigenvalue weighted by atomic mass is 9.97. The van der Waals surface area contributed by atoms with Gasteiger partial charge in [-0.3, -0.25) is 9.97 Å². The summed E-state index contributed by atoms with van der Waals surface area (Å²) in [5.41, 5.74) is -0.973. The monoisotopic (exact) mass is 435 g/mol. The summed E-state index contributed by atoms with van der Waals surface area (Å²) in [5, 5.41) is 9.93. The maximum Gasteiger partial charge on any atom is 0.461 e. The van der Waals surface area contributed by atoms with Crippen molar-refractivity contribution in [1.29, 1.82) is 0 Å². The molecule has 0 aliphatic carbocycles. The van der Waals surface area contributed by atoms with E-state index in [4.69, 9.17) is 4.74 Å². The number of aryl methyl sites for hydroxylation is 1. The van der Waals surface area contributed by atoms with Crippen LogP contribution in [0.25, 0.3) is 11.1 Å². The maximum atomic E-state index is 12.4. The fraction of sp³-hybridized carbons (Fsp3) is 0.238. The SMILES string of the molecule is Cc1cnccn1.O[C@H]1CCOc2cc(-c3ccccc3NSC(F)(F)F)ccc21. The Morgan fingerprint density at radius 3 is 2.63 bits per heavy atom. The van der Waals surface area contributed by atoms with Crippen LogP contribution in [-0.2, 0) is 0 Å². The van der Waals surface area contributed by atoms with Gasteiger partial charge in [-0.1, -0.05) is 30.3 Å². The Labute approximate surface area is 176 Å². The first kappa shape index (κ1) is 21.9. The number of anilines is 1. The average Bonchev–Trinajstić information content (AvgIpc) is 2.73. The molecule has 1 aliphatic rings. The Bertz CT molecular complexity index is 971. The fourth-order valence-electron chi connectivity index (χ4n) is 2.85. The highest BCUT2D eigenvalue weighted by molar-refractivity contribution is 8.01. The summed E-state index contributed by atoms with van der Waals surface area (Å²) in [6, 6.07) is 12.0. The van der Waals surface area contributed by atoms with Gasteiger partial charge in [0.2, 0.25) is 0 Å². The molecule has 5 nitrogen and oxygen atoms in total. The molecule has 2 N–H and O–H groups in total. The number of hydrogen-bond donors (Lipinski definition) is 2. The van der Waals surface area contributed by atoms with Gasteiger partial charge in [-0.15, -0.1) is 0 Å². The van der Waals surface area contributed by atoms with Crippen molar-refractivity contribution in [3.63, 3.8) is 0 Å². The number of nitrogens with zero attached hydrogens (tertiary/aromatic N) is 2. The van der Waals surface area contributed by atoms with Crippen molar-refractivity contribution in [3.8, 4) is 16.9 Å². The maximum absolute atomic E-state index is 12.4. The Morgan fingerprint density at radius 2 is 1.97 bits per heavy atom. The molecule has 0 amide bonds. The van der Waals surface area contributed by atoms with Gasteiger partial charge in [0.1, 0.15) is 5.75 Å². The molecule has 3 aromatic rings. The predicted octanol–water partition coefficient (Wildman–Crippen LogP) is 5.53. The Balaban J connectivity index is 0.000000310. The van der Waals surface area contributed by atoms with E-state index in [1.165, 1.54) is 0 Å². The molecule has 0 saturated carbocycles. The number of para-hydroxylation sites is 1. The van der Waals surface area contributed by atoms with Crippen LogP contribution < -0.4 is 9.46 Å². The normalized spacial score (nSPS) is 15.3. The molecular formula is C21H20F3N3O2S. The van der Waals surface area contributed by atoms with Crippen LogP contribution in [0.5, 0.6) is 5.75 Å². The molecule has 1 aliphatic heterocycles. The lowest BCUT2D eigenvalue weighted by Crippen LogP contribution is -2.13. The smallest absolute Gasteiger partial charge is 0.461 e. The lowest BCUT2D eigenvalue weighted by Gasteiger charge is -2.23. The van der Waals surface area contributed by atoms with Gasteiger partial charge in [-0.2, -0.15) is 13.2 Å². The molecule has 1 aromatic heterocycles. The molecule has 9 heteroatoms. The van der Waals surface area contributed by atoms with Crippen molar-refractivity contribution in [1.82, 2.24) is 9.97 Å².